The summed E-state index contributed by atoms with van der Waals surface area (Å²) in [4.78, 5) is 24.9. The van der Waals surface area contributed by atoms with E-state index in [9.17, 15) is 9.59 Å². The Hall–Kier alpha value is -1.06. The van der Waals surface area contributed by atoms with Crippen molar-refractivity contribution in [2.24, 2.45) is 10.8 Å². The molecule has 1 aliphatic carbocycles. The minimum atomic E-state index is -1.06. The molecule has 4 nitrogen and oxygen atoms in total. The zero-order chi connectivity index (χ0) is 12.0. The van der Waals surface area contributed by atoms with Gasteiger partial charge in [-0.05, 0) is 31.1 Å². The lowest BCUT2D eigenvalue weighted by molar-refractivity contribution is -0.153. The van der Waals surface area contributed by atoms with Crippen LogP contribution in [0.1, 0.15) is 39.5 Å². The summed E-state index contributed by atoms with van der Waals surface area (Å²) >= 11 is 0. The van der Waals surface area contributed by atoms with Crippen molar-refractivity contribution in [2.75, 3.05) is 13.1 Å². The van der Waals surface area contributed by atoms with Crippen molar-refractivity contribution in [3.63, 3.8) is 0 Å². The van der Waals surface area contributed by atoms with Gasteiger partial charge in [-0.15, -0.1) is 0 Å². The lowest BCUT2D eigenvalue weighted by Gasteiger charge is -2.24. The molecule has 1 N–H and O–H groups in total. The minimum absolute atomic E-state index is 0.155. The smallest absolute Gasteiger partial charge is 0.319 e. The van der Waals surface area contributed by atoms with Crippen LogP contribution in [-0.2, 0) is 9.59 Å². The summed E-state index contributed by atoms with van der Waals surface area (Å²) in [5.74, 6) is -1.10. The van der Waals surface area contributed by atoms with E-state index in [1.54, 1.807) is 4.90 Å². The first-order chi connectivity index (χ1) is 7.43. The lowest BCUT2D eigenvalue weighted by Crippen LogP contribution is -2.40. The number of aliphatic carboxylic acids is 1. The molecule has 1 unspecified atom stereocenters. The number of likely N-dealkylation sites (tertiary alicyclic amines) is 1. The van der Waals surface area contributed by atoms with Crippen LogP contribution in [0.5, 0.6) is 0 Å². The Labute approximate surface area is 95.6 Å². The number of carboxylic acid groups (broad SMARTS) is 1. The molecular formula is C12H19NO3. The van der Waals surface area contributed by atoms with Crippen LogP contribution in [0, 0.1) is 10.8 Å². The predicted octanol–water partition coefficient (Wildman–Crippen LogP) is 1.50. The second-order valence-corrected chi connectivity index (χ2v) is 5.53. The SMILES string of the molecule is CCC1(C)CCN(C(=O)C2(C(=O)O)CC2)C1. The first-order valence-electron chi connectivity index (χ1n) is 5.96. The fourth-order valence-corrected chi connectivity index (χ4v) is 2.43. The maximum atomic E-state index is 12.1. The quantitative estimate of drug-likeness (QED) is 0.740. The highest BCUT2D eigenvalue weighted by molar-refractivity contribution is 6.04. The van der Waals surface area contributed by atoms with E-state index in [2.05, 4.69) is 13.8 Å². The molecule has 90 valence electrons. The monoisotopic (exact) mass is 225 g/mol. The summed E-state index contributed by atoms with van der Waals surface area (Å²) < 4.78 is 0. The van der Waals surface area contributed by atoms with E-state index >= 15 is 0 Å². The third-order valence-electron chi connectivity index (χ3n) is 4.27. The van der Waals surface area contributed by atoms with Crippen LogP contribution in [0.3, 0.4) is 0 Å². The molecule has 2 rings (SSSR count). The van der Waals surface area contributed by atoms with Gasteiger partial charge in [0.1, 0.15) is 5.41 Å². The van der Waals surface area contributed by atoms with Crippen LogP contribution in [-0.4, -0.2) is 35.0 Å². The molecule has 1 saturated heterocycles. The Morgan fingerprint density at radius 2 is 1.94 bits per heavy atom. The average Bonchev–Trinajstić information content (AvgIpc) is 2.97. The molecule has 16 heavy (non-hydrogen) atoms. The average molecular weight is 225 g/mol. The Balaban J connectivity index is 2.06. The lowest BCUT2D eigenvalue weighted by atomic mass is 9.87. The molecule has 1 atom stereocenters. The van der Waals surface area contributed by atoms with Gasteiger partial charge in [-0.25, -0.2) is 0 Å². The normalized spacial score (nSPS) is 31.5. The topological polar surface area (TPSA) is 57.6 Å². The van der Waals surface area contributed by atoms with Gasteiger partial charge in [-0.3, -0.25) is 9.59 Å². The van der Waals surface area contributed by atoms with Crippen molar-refractivity contribution in [1.82, 2.24) is 4.90 Å². The zero-order valence-electron chi connectivity index (χ0n) is 9.95. The molecule has 1 heterocycles. The number of carbonyl (C=O) groups excluding carboxylic acids is 1. The molecule has 1 saturated carbocycles. The van der Waals surface area contributed by atoms with Gasteiger partial charge in [-0.1, -0.05) is 13.8 Å². The van der Waals surface area contributed by atoms with Crippen LogP contribution in [0.25, 0.3) is 0 Å². The minimum Gasteiger partial charge on any atom is -0.480 e. The van der Waals surface area contributed by atoms with Crippen LogP contribution in [0.4, 0.5) is 0 Å². The van der Waals surface area contributed by atoms with Gasteiger partial charge in [0.15, 0.2) is 0 Å². The maximum Gasteiger partial charge on any atom is 0.319 e. The highest BCUT2D eigenvalue weighted by Crippen LogP contribution is 2.49. The Morgan fingerprint density at radius 3 is 2.31 bits per heavy atom. The predicted molar refractivity (Wildman–Crippen MR) is 58.9 cm³/mol. The highest BCUT2D eigenvalue weighted by atomic mass is 16.4. The summed E-state index contributed by atoms with van der Waals surface area (Å²) in [5.41, 5.74) is -0.872. The van der Waals surface area contributed by atoms with Crippen LogP contribution < -0.4 is 0 Å². The van der Waals surface area contributed by atoms with Crippen molar-refractivity contribution in [3.05, 3.63) is 0 Å². The van der Waals surface area contributed by atoms with Crippen molar-refractivity contribution < 1.29 is 14.7 Å². The Morgan fingerprint density at radius 1 is 1.31 bits per heavy atom. The van der Waals surface area contributed by atoms with Gasteiger partial charge in [-0.2, -0.15) is 0 Å². The number of carbonyl (C=O) groups is 2. The van der Waals surface area contributed by atoms with E-state index in [-0.39, 0.29) is 11.3 Å². The molecule has 0 spiro atoms. The van der Waals surface area contributed by atoms with Gasteiger partial charge in [0.25, 0.3) is 0 Å². The summed E-state index contributed by atoms with van der Waals surface area (Å²) in [6.45, 7) is 5.73. The number of nitrogens with zero attached hydrogens (tertiary/aromatic N) is 1. The summed E-state index contributed by atoms with van der Waals surface area (Å²) in [5, 5.41) is 9.07. The Kier molecular flexibility index (Phi) is 2.48. The fourth-order valence-electron chi connectivity index (χ4n) is 2.43. The largest absolute Gasteiger partial charge is 0.480 e. The van der Waals surface area contributed by atoms with Gasteiger partial charge in [0, 0.05) is 13.1 Å². The first kappa shape index (κ1) is 11.4. The highest BCUT2D eigenvalue weighted by Gasteiger charge is 2.59. The molecule has 2 fully saturated rings. The van der Waals surface area contributed by atoms with Gasteiger partial charge < -0.3 is 10.0 Å². The molecule has 0 aromatic heterocycles. The van der Waals surface area contributed by atoms with E-state index in [0.717, 1.165) is 25.9 Å². The number of hydrogen-bond acceptors (Lipinski definition) is 2. The van der Waals surface area contributed by atoms with Crippen molar-refractivity contribution in [2.45, 2.75) is 39.5 Å². The van der Waals surface area contributed by atoms with Gasteiger partial charge in [0.2, 0.25) is 5.91 Å². The van der Waals surface area contributed by atoms with Crippen LogP contribution in [0.2, 0.25) is 0 Å². The number of amides is 1. The molecule has 1 amide bonds. The van der Waals surface area contributed by atoms with Crippen LogP contribution >= 0.6 is 0 Å². The van der Waals surface area contributed by atoms with E-state index < -0.39 is 11.4 Å². The molecule has 0 radical (unpaired) electrons. The molecule has 1 aliphatic heterocycles. The summed E-state index contributed by atoms with van der Waals surface area (Å²) in [7, 11) is 0. The molecule has 0 bridgehead atoms. The molecule has 0 aromatic carbocycles. The molecular weight excluding hydrogens is 206 g/mol. The molecule has 2 aliphatic rings. The molecule has 4 heteroatoms. The second-order valence-electron chi connectivity index (χ2n) is 5.53. The summed E-state index contributed by atoms with van der Waals surface area (Å²) in [6.07, 6.45) is 3.06. The van der Waals surface area contributed by atoms with E-state index in [1.807, 2.05) is 0 Å². The first-order valence-corrected chi connectivity index (χ1v) is 5.96. The van der Waals surface area contributed by atoms with E-state index in [0.29, 0.717) is 12.8 Å². The second kappa shape index (κ2) is 3.47. The number of rotatable bonds is 3. The summed E-state index contributed by atoms with van der Waals surface area (Å²) in [6, 6.07) is 0. The third-order valence-corrected chi connectivity index (χ3v) is 4.27. The van der Waals surface area contributed by atoms with Crippen molar-refractivity contribution in [3.8, 4) is 0 Å². The number of carboxylic acids is 1. The van der Waals surface area contributed by atoms with E-state index in [4.69, 9.17) is 5.11 Å². The van der Waals surface area contributed by atoms with Crippen molar-refractivity contribution >= 4 is 11.9 Å². The standard InChI is InChI=1S/C12H19NO3/c1-3-11(2)6-7-13(8-11)9(14)12(4-5-12)10(15)16/h3-8H2,1-2H3,(H,15,16). The zero-order valence-corrected chi connectivity index (χ0v) is 9.95. The fraction of sp³-hybridized carbons (Fsp3) is 0.833. The van der Waals surface area contributed by atoms with E-state index in [1.165, 1.54) is 0 Å². The Bertz CT molecular complexity index is 335. The molecule has 0 aromatic rings. The van der Waals surface area contributed by atoms with Crippen LogP contribution in [0.15, 0.2) is 0 Å². The van der Waals surface area contributed by atoms with Gasteiger partial charge >= 0.3 is 5.97 Å². The van der Waals surface area contributed by atoms with Gasteiger partial charge in [0.05, 0.1) is 0 Å². The third kappa shape index (κ3) is 1.60. The maximum absolute atomic E-state index is 12.1. The number of hydrogen-bond donors (Lipinski definition) is 1. The van der Waals surface area contributed by atoms with Crippen molar-refractivity contribution in [1.29, 1.82) is 0 Å².